The van der Waals surface area contributed by atoms with Crippen LogP contribution in [0.1, 0.15) is 50.1 Å². The van der Waals surface area contributed by atoms with Crippen LogP contribution in [0.5, 0.6) is 0 Å². The molecule has 4 nitrogen and oxygen atoms in total. The highest BCUT2D eigenvalue weighted by atomic mass is 16.3. The molecule has 2 amide bonds. The first-order chi connectivity index (χ1) is 10.8. The lowest BCUT2D eigenvalue weighted by atomic mass is 10.0. The van der Waals surface area contributed by atoms with Crippen LogP contribution in [0.4, 0.5) is 4.79 Å². The van der Waals surface area contributed by atoms with Crippen LogP contribution in [0.25, 0.3) is 0 Å². The molecule has 0 saturated heterocycles. The van der Waals surface area contributed by atoms with Crippen molar-refractivity contribution in [2.75, 3.05) is 6.61 Å². The maximum absolute atomic E-state index is 12.4. The molecule has 0 bridgehead atoms. The van der Waals surface area contributed by atoms with Gasteiger partial charge >= 0.3 is 6.03 Å². The minimum absolute atomic E-state index is 0.0348. The van der Waals surface area contributed by atoms with Gasteiger partial charge in [0.25, 0.3) is 0 Å². The first-order valence-corrected chi connectivity index (χ1v) is 8.50. The summed E-state index contributed by atoms with van der Waals surface area (Å²) < 4.78 is 0. The third-order valence-corrected chi connectivity index (χ3v) is 4.72. The molecule has 0 aromatic heterocycles. The van der Waals surface area contributed by atoms with Crippen molar-refractivity contribution in [3.63, 3.8) is 0 Å². The molecule has 4 heteroatoms. The van der Waals surface area contributed by atoms with Gasteiger partial charge in [-0.2, -0.15) is 0 Å². The Morgan fingerprint density at radius 2 is 1.73 bits per heavy atom. The second-order valence-electron chi connectivity index (χ2n) is 6.65. The Bertz CT molecular complexity index is 471. The molecule has 3 N–H and O–H groups in total. The van der Waals surface area contributed by atoms with Crippen LogP contribution in [0.15, 0.2) is 30.3 Å². The number of hydrogen-bond acceptors (Lipinski definition) is 2. The Hall–Kier alpha value is -1.55. The number of urea groups is 1. The maximum Gasteiger partial charge on any atom is 0.315 e. The molecule has 0 aliphatic heterocycles. The van der Waals surface area contributed by atoms with E-state index < -0.39 is 0 Å². The summed E-state index contributed by atoms with van der Waals surface area (Å²) in [6.45, 7) is 0.152. The molecule has 1 aromatic carbocycles. The Kier molecular flexibility index (Phi) is 4.98. The first-order valence-electron chi connectivity index (χ1n) is 8.50. The molecule has 2 fully saturated rings. The predicted octanol–water partition coefficient (Wildman–Crippen LogP) is 2.99. The zero-order valence-electron chi connectivity index (χ0n) is 13.0. The number of hydrogen-bond donors (Lipinski definition) is 3. The van der Waals surface area contributed by atoms with Gasteiger partial charge in [-0.1, -0.05) is 30.3 Å². The van der Waals surface area contributed by atoms with Gasteiger partial charge in [-0.15, -0.1) is 0 Å². The quantitative estimate of drug-likeness (QED) is 0.691. The number of rotatable bonds is 8. The molecule has 3 rings (SSSR count). The van der Waals surface area contributed by atoms with E-state index in [2.05, 4.69) is 10.6 Å². The smallest absolute Gasteiger partial charge is 0.315 e. The molecular weight excluding hydrogens is 276 g/mol. The fourth-order valence-electron chi connectivity index (χ4n) is 3.19. The monoisotopic (exact) mass is 302 g/mol. The van der Waals surface area contributed by atoms with E-state index in [1.807, 2.05) is 30.3 Å². The summed E-state index contributed by atoms with van der Waals surface area (Å²) in [5.41, 5.74) is 1.10. The van der Waals surface area contributed by atoms with Crippen molar-refractivity contribution in [3.05, 3.63) is 35.9 Å². The normalized spacial score (nSPS) is 19.0. The van der Waals surface area contributed by atoms with Gasteiger partial charge in [0.1, 0.15) is 0 Å². The molecule has 2 aliphatic rings. The fourth-order valence-corrected chi connectivity index (χ4v) is 3.19. The lowest BCUT2D eigenvalue weighted by Crippen LogP contribution is -2.45. The van der Waals surface area contributed by atoms with Crippen molar-refractivity contribution in [2.24, 2.45) is 11.8 Å². The standard InChI is InChI=1S/C18H26N2O2/c21-12-4-7-16(13-5-2-1-3-6-13)19-18(22)20-17(14-8-9-14)15-10-11-15/h1-3,5-6,14-17,21H,4,7-12H2,(H2,19,20,22). The molecule has 1 atom stereocenters. The minimum Gasteiger partial charge on any atom is -0.396 e. The van der Waals surface area contributed by atoms with Crippen LogP contribution in [0, 0.1) is 11.8 Å². The third-order valence-electron chi connectivity index (χ3n) is 4.72. The van der Waals surface area contributed by atoms with Gasteiger partial charge in [0, 0.05) is 12.6 Å². The Balaban J connectivity index is 1.58. The highest BCUT2D eigenvalue weighted by Gasteiger charge is 2.42. The van der Waals surface area contributed by atoms with E-state index in [1.54, 1.807) is 0 Å². The maximum atomic E-state index is 12.4. The summed E-state index contributed by atoms with van der Waals surface area (Å²) in [4.78, 5) is 12.4. The minimum atomic E-state index is -0.0596. The van der Waals surface area contributed by atoms with Crippen molar-refractivity contribution >= 4 is 6.03 Å². The van der Waals surface area contributed by atoms with Gasteiger partial charge in [-0.3, -0.25) is 0 Å². The largest absolute Gasteiger partial charge is 0.396 e. The summed E-state index contributed by atoms with van der Waals surface area (Å²) in [6, 6.07) is 10.3. The summed E-state index contributed by atoms with van der Waals surface area (Å²) in [6.07, 6.45) is 6.48. The summed E-state index contributed by atoms with van der Waals surface area (Å²) in [5, 5.41) is 15.4. The fraction of sp³-hybridized carbons (Fsp3) is 0.611. The second kappa shape index (κ2) is 7.14. The van der Waals surface area contributed by atoms with Gasteiger partial charge in [0.15, 0.2) is 0 Å². The van der Waals surface area contributed by atoms with Crippen LogP contribution in [0.2, 0.25) is 0 Å². The number of aliphatic hydroxyl groups is 1. The van der Waals surface area contributed by atoms with Gasteiger partial charge in [-0.25, -0.2) is 4.79 Å². The molecule has 0 radical (unpaired) electrons. The van der Waals surface area contributed by atoms with Crippen LogP contribution in [0.3, 0.4) is 0 Å². The number of carbonyl (C=O) groups is 1. The van der Waals surface area contributed by atoms with Crippen LogP contribution in [-0.2, 0) is 0 Å². The Labute approximate surface area is 132 Å². The molecule has 2 saturated carbocycles. The molecule has 120 valence electrons. The van der Waals surface area contributed by atoms with E-state index in [4.69, 9.17) is 5.11 Å². The predicted molar refractivity (Wildman–Crippen MR) is 86.4 cm³/mol. The molecular formula is C18H26N2O2. The van der Waals surface area contributed by atoms with E-state index in [1.165, 1.54) is 25.7 Å². The average molecular weight is 302 g/mol. The molecule has 22 heavy (non-hydrogen) atoms. The molecule has 2 aliphatic carbocycles. The second-order valence-corrected chi connectivity index (χ2v) is 6.65. The molecule has 1 unspecified atom stereocenters. The lowest BCUT2D eigenvalue weighted by Gasteiger charge is -2.23. The summed E-state index contributed by atoms with van der Waals surface area (Å²) in [7, 11) is 0. The molecule has 0 spiro atoms. The lowest BCUT2D eigenvalue weighted by molar-refractivity contribution is 0.226. The third kappa shape index (κ3) is 4.23. The van der Waals surface area contributed by atoms with E-state index in [-0.39, 0.29) is 18.7 Å². The Morgan fingerprint density at radius 3 is 2.27 bits per heavy atom. The van der Waals surface area contributed by atoms with Gasteiger partial charge in [-0.05, 0) is 55.9 Å². The van der Waals surface area contributed by atoms with E-state index in [0.29, 0.717) is 24.3 Å². The number of amides is 2. The topological polar surface area (TPSA) is 61.4 Å². The first kappa shape index (κ1) is 15.3. The van der Waals surface area contributed by atoms with E-state index in [9.17, 15) is 4.79 Å². The van der Waals surface area contributed by atoms with E-state index >= 15 is 0 Å². The Morgan fingerprint density at radius 1 is 1.09 bits per heavy atom. The van der Waals surface area contributed by atoms with Crippen molar-refractivity contribution in [3.8, 4) is 0 Å². The van der Waals surface area contributed by atoms with E-state index in [0.717, 1.165) is 12.0 Å². The SMILES string of the molecule is O=C(NC(CCCO)c1ccccc1)NC(C1CC1)C1CC1. The van der Waals surface area contributed by atoms with Crippen LogP contribution < -0.4 is 10.6 Å². The summed E-state index contributed by atoms with van der Waals surface area (Å²) >= 11 is 0. The van der Waals surface area contributed by atoms with Gasteiger partial charge < -0.3 is 15.7 Å². The van der Waals surface area contributed by atoms with Crippen molar-refractivity contribution < 1.29 is 9.90 Å². The zero-order valence-corrected chi connectivity index (χ0v) is 13.0. The van der Waals surface area contributed by atoms with Crippen molar-refractivity contribution in [1.82, 2.24) is 10.6 Å². The number of aliphatic hydroxyl groups excluding tert-OH is 1. The summed E-state index contributed by atoms with van der Waals surface area (Å²) in [5.74, 6) is 1.40. The number of nitrogens with one attached hydrogen (secondary N) is 2. The molecule has 1 aromatic rings. The highest BCUT2D eigenvalue weighted by Crippen LogP contribution is 2.44. The van der Waals surface area contributed by atoms with Crippen LogP contribution in [-0.4, -0.2) is 23.8 Å². The number of carbonyl (C=O) groups excluding carboxylic acids is 1. The highest BCUT2D eigenvalue weighted by molar-refractivity contribution is 5.75. The van der Waals surface area contributed by atoms with Crippen molar-refractivity contribution in [2.45, 2.75) is 50.6 Å². The number of benzene rings is 1. The van der Waals surface area contributed by atoms with Gasteiger partial charge in [0.05, 0.1) is 6.04 Å². The van der Waals surface area contributed by atoms with Gasteiger partial charge in [0.2, 0.25) is 0 Å². The zero-order chi connectivity index (χ0) is 15.4. The van der Waals surface area contributed by atoms with Crippen LogP contribution >= 0.6 is 0 Å². The van der Waals surface area contributed by atoms with Crippen molar-refractivity contribution in [1.29, 1.82) is 0 Å². The molecule has 0 heterocycles. The average Bonchev–Trinajstić information content (AvgIpc) is 3.42.